The third-order valence-electron chi connectivity index (χ3n) is 9.04. The minimum absolute atomic E-state index is 0.181. The quantitative estimate of drug-likeness (QED) is 0.232. The van der Waals surface area contributed by atoms with E-state index < -0.39 is 39.3 Å². The number of hydrogen-bond acceptors (Lipinski definition) is 0. The summed E-state index contributed by atoms with van der Waals surface area (Å²) in [6.07, 6.45) is 9.54. The van der Waals surface area contributed by atoms with Crippen molar-refractivity contribution in [2.24, 2.45) is 5.92 Å². The van der Waals surface area contributed by atoms with Crippen molar-refractivity contribution in [2.45, 2.75) is 101 Å². The van der Waals surface area contributed by atoms with Gasteiger partial charge in [-0.2, -0.15) is 0 Å². The van der Waals surface area contributed by atoms with Crippen LogP contribution in [-0.4, -0.2) is 16.9 Å². The molecule has 2 aliphatic rings. The average molecular weight is 537 g/mol. The van der Waals surface area contributed by atoms with Crippen LogP contribution in [0.5, 0.6) is 0 Å². The fraction of sp³-hybridized carbons (Fsp3) is 0.586. The van der Waals surface area contributed by atoms with Gasteiger partial charge in [-0.3, -0.25) is 0 Å². The van der Waals surface area contributed by atoms with Crippen molar-refractivity contribution in [3.8, 4) is 11.1 Å². The van der Waals surface area contributed by atoms with E-state index in [0.717, 1.165) is 36.5 Å². The second kappa shape index (κ2) is 12.0. The Hall–Kier alpha value is -1.05. The summed E-state index contributed by atoms with van der Waals surface area (Å²) in [5.74, 6) is -0.772. The van der Waals surface area contributed by atoms with Gasteiger partial charge in [-0.05, 0) is 54.0 Å². The number of unbranched alkanes of at least 4 members (excludes halogenated alkanes) is 1. The van der Waals surface area contributed by atoms with Gasteiger partial charge in [0.25, 0.3) is 0 Å². The highest BCUT2D eigenvalue weighted by atomic mass is 35.5. The van der Waals surface area contributed by atoms with Gasteiger partial charge in [-0.1, -0.05) is 106 Å². The molecule has 35 heavy (non-hydrogen) atoms. The molecule has 6 heteroatoms. The van der Waals surface area contributed by atoms with Gasteiger partial charge in [0, 0.05) is 14.4 Å². The molecule has 0 aliphatic carbocycles. The highest BCUT2D eigenvalue weighted by molar-refractivity contribution is 6.78. The molecule has 0 atom stereocenters. The first-order valence-corrected chi connectivity index (χ1v) is 19.7. The van der Waals surface area contributed by atoms with Crippen LogP contribution in [0.15, 0.2) is 30.3 Å². The van der Waals surface area contributed by atoms with Crippen molar-refractivity contribution in [3.05, 3.63) is 58.4 Å². The Morgan fingerprint density at radius 3 is 2.20 bits per heavy atom. The highest BCUT2D eigenvalue weighted by Crippen LogP contribution is 2.41. The van der Waals surface area contributed by atoms with Gasteiger partial charge < -0.3 is 0 Å². The molecule has 2 aliphatic heterocycles. The van der Waals surface area contributed by atoms with Crippen molar-refractivity contribution in [3.63, 3.8) is 0 Å². The third-order valence-corrected chi connectivity index (χ3v) is 17.4. The Kier molecular flexibility index (Phi) is 9.26. The summed E-state index contributed by atoms with van der Waals surface area (Å²) in [6.45, 7) is 4.97. The second-order valence-electron chi connectivity index (χ2n) is 11.6. The second-order valence-corrected chi connectivity index (χ2v) is 20.6. The summed E-state index contributed by atoms with van der Waals surface area (Å²) < 4.78 is 42.6. The zero-order chi connectivity index (χ0) is 25.0. The standard InChI is InChI=1S/C29H40ClF3Si2/c1-3-4-15-35(2)16-10-21(11-17-35)7-12-34-13-8-22(9-14-34)23-5-6-25(26(31)18-23)24-19-27(32)29(30)28(33)20-24/h5-6,18-22,34H,3-4,7-17H2,1-2H3. The first kappa shape index (κ1) is 27.0. The molecule has 0 amide bonds. The number of halogens is 4. The molecule has 0 spiro atoms. The molecule has 2 heterocycles. The Morgan fingerprint density at radius 1 is 0.943 bits per heavy atom. The van der Waals surface area contributed by atoms with E-state index in [2.05, 4.69) is 13.5 Å². The maximum absolute atomic E-state index is 14.9. The molecular weight excluding hydrogens is 497 g/mol. The first-order valence-electron chi connectivity index (χ1n) is 13.7. The predicted molar refractivity (Wildman–Crippen MR) is 149 cm³/mol. The van der Waals surface area contributed by atoms with E-state index in [1.807, 2.05) is 6.07 Å². The number of benzene rings is 2. The third kappa shape index (κ3) is 6.84. The highest BCUT2D eigenvalue weighted by Gasteiger charge is 2.33. The van der Waals surface area contributed by atoms with Crippen LogP contribution in [0.4, 0.5) is 13.2 Å². The van der Waals surface area contributed by atoms with Crippen LogP contribution in [0.1, 0.15) is 63.4 Å². The average Bonchev–Trinajstić information content (AvgIpc) is 2.86. The number of rotatable bonds is 8. The van der Waals surface area contributed by atoms with Crippen LogP contribution in [-0.2, 0) is 0 Å². The molecule has 4 rings (SSSR count). The maximum Gasteiger partial charge on any atom is 0.145 e. The summed E-state index contributed by atoms with van der Waals surface area (Å²) in [6, 6.07) is 16.2. The van der Waals surface area contributed by atoms with Gasteiger partial charge in [0.1, 0.15) is 22.5 Å². The topological polar surface area (TPSA) is 0 Å². The molecule has 2 fully saturated rings. The lowest BCUT2D eigenvalue weighted by Crippen LogP contribution is -2.35. The van der Waals surface area contributed by atoms with E-state index >= 15 is 0 Å². The summed E-state index contributed by atoms with van der Waals surface area (Å²) in [5, 5.41) is -0.553. The van der Waals surface area contributed by atoms with Crippen LogP contribution in [0, 0.1) is 23.4 Å². The SMILES string of the molecule is CCCC[Si]1(C)CCC(CC[SiH]2CCC(c3ccc(-c4cc(F)c(Cl)c(F)c4)c(F)c3)CC2)CC1. The van der Waals surface area contributed by atoms with Crippen molar-refractivity contribution in [1.82, 2.24) is 0 Å². The lowest BCUT2D eigenvalue weighted by Gasteiger charge is -2.36. The van der Waals surface area contributed by atoms with Gasteiger partial charge in [0.2, 0.25) is 0 Å². The van der Waals surface area contributed by atoms with Crippen molar-refractivity contribution in [2.75, 3.05) is 0 Å². The summed E-state index contributed by atoms with van der Waals surface area (Å²) in [5.41, 5.74) is 1.42. The van der Waals surface area contributed by atoms with E-state index in [0.29, 0.717) is 5.92 Å². The predicted octanol–water partition coefficient (Wildman–Crippen LogP) is 10.2. The molecule has 192 valence electrons. The summed E-state index contributed by atoms with van der Waals surface area (Å²) in [7, 11) is -1.59. The van der Waals surface area contributed by atoms with Gasteiger partial charge in [0.15, 0.2) is 0 Å². The van der Waals surface area contributed by atoms with Crippen LogP contribution >= 0.6 is 11.6 Å². The van der Waals surface area contributed by atoms with Crippen molar-refractivity contribution in [1.29, 1.82) is 0 Å². The lowest BCUT2D eigenvalue weighted by molar-refractivity contribution is 0.448. The zero-order valence-corrected chi connectivity index (χ0v) is 24.2. The fourth-order valence-corrected chi connectivity index (χ4v) is 14.3. The normalized spacial score (nSPS) is 27.2. The Morgan fingerprint density at radius 2 is 1.60 bits per heavy atom. The Balaban J connectivity index is 1.26. The molecule has 2 saturated heterocycles. The van der Waals surface area contributed by atoms with E-state index in [1.54, 1.807) is 30.3 Å². The molecular formula is C29H40ClF3Si2. The molecule has 0 aromatic heterocycles. The monoisotopic (exact) mass is 536 g/mol. The van der Waals surface area contributed by atoms with E-state index in [1.165, 1.54) is 50.2 Å². The number of hydrogen-bond donors (Lipinski definition) is 0. The van der Waals surface area contributed by atoms with Crippen molar-refractivity contribution < 1.29 is 13.2 Å². The first-order chi connectivity index (χ1) is 16.8. The van der Waals surface area contributed by atoms with Crippen LogP contribution in [0.3, 0.4) is 0 Å². The van der Waals surface area contributed by atoms with Gasteiger partial charge in [-0.15, -0.1) is 0 Å². The molecule has 0 nitrogen and oxygen atoms in total. The van der Waals surface area contributed by atoms with E-state index in [-0.39, 0.29) is 11.1 Å². The largest absolute Gasteiger partial charge is 0.206 e. The zero-order valence-electron chi connectivity index (χ0n) is 21.3. The van der Waals surface area contributed by atoms with Gasteiger partial charge >= 0.3 is 0 Å². The molecule has 0 bridgehead atoms. The maximum atomic E-state index is 14.9. The van der Waals surface area contributed by atoms with Crippen LogP contribution in [0.2, 0.25) is 47.8 Å². The molecule has 2 aromatic rings. The minimum atomic E-state index is -0.916. The van der Waals surface area contributed by atoms with Gasteiger partial charge in [-0.25, -0.2) is 13.2 Å². The Bertz CT molecular complexity index is 972. The smallest absolute Gasteiger partial charge is 0.145 e. The molecule has 0 radical (unpaired) electrons. The molecule has 0 saturated carbocycles. The van der Waals surface area contributed by atoms with E-state index in [9.17, 15) is 13.2 Å². The molecule has 2 aromatic carbocycles. The Labute approximate surface area is 217 Å². The summed E-state index contributed by atoms with van der Waals surface area (Å²) in [4.78, 5) is 0. The van der Waals surface area contributed by atoms with Crippen LogP contribution < -0.4 is 0 Å². The lowest BCUT2D eigenvalue weighted by atomic mass is 9.91. The molecule has 0 unspecified atom stereocenters. The van der Waals surface area contributed by atoms with E-state index in [4.69, 9.17) is 11.6 Å². The fourth-order valence-electron chi connectivity index (χ4n) is 6.50. The summed E-state index contributed by atoms with van der Waals surface area (Å²) >= 11 is 5.57. The minimum Gasteiger partial charge on any atom is -0.206 e. The van der Waals surface area contributed by atoms with Gasteiger partial charge in [0.05, 0.1) is 8.07 Å². The van der Waals surface area contributed by atoms with Crippen molar-refractivity contribution >= 4 is 28.5 Å². The molecule has 0 N–H and O–H groups in total. The van der Waals surface area contributed by atoms with Crippen LogP contribution in [0.25, 0.3) is 11.1 Å².